The van der Waals surface area contributed by atoms with E-state index in [1.54, 1.807) is 11.8 Å². The number of carbonyl (C=O) groups excluding carboxylic acids is 1. The first-order valence-electron chi connectivity index (χ1n) is 9.51. The number of aromatic nitrogens is 2. The van der Waals surface area contributed by atoms with Gasteiger partial charge < -0.3 is 5.32 Å². The van der Waals surface area contributed by atoms with Gasteiger partial charge in [0.2, 0.25) is 11.0 Å². The lowest BCUT2D eigenvalue weighted by molar-refractivity contribution is -0.117. The predicted molar refractivity (Wildman–Crippen MR) is 116 cm³/mol. The smallest absolute Gasteiger partial charge is 0.229 e. The molecule has 2 aromatic carbocycles. The topological polar surface area (TPSA) is 54.9 Å². The Kier molecular flexibility index (Phi) is 5.78. The summed E-state index contributed by atoms with van der Waals surface area (Å²) in [5.41, 5.74) is 3.85. The second kappa shape index (κ2) is 8.45. The summed E-state index contributed by atoms with van der Waals surface area (Å²) in [6.07, 6.45) is 0.905. The number of anilines is 1. The van der Waals surface area contributed by atoms with E-state index in [1.807, 2.05) is 18.2 Å². The van der Waals surface area contributed by atoms with Crippen LogP contribution in [-0.2, 0) is 10.5 Å². The average Bonchev–Trinajstić information content (AvgIpc) is 3.41. The fraction of sp³-hybridized carbons (Fsp3) is 0.318. The van der Waals surface area contributed by atoms with Crippen LogP contribution < -0.4 is 5.32 Å². The van der Waals surface area contributed by atoms with Gasteiger partial charge in [-0.15, -0.1) is 10.2 Å². The molecule has 0 radical (unpaired) electrons. The molecular formula is C22H23N3OS2. The Hall–Kier alpha value is -2.18. The van der Waals surface area contributed by atoms with Crippen LogP contribution in [0.25, 0.3) is 0 Å². The van der Waals surface area contributed by atoms with E-state index in [0.29, 0.717) is 17.0 Å². The van der Waals surface area contributed by atoms with E-state index in [9.17, 15) is 4.79 Å². The van der Waals surface area contributed by atoms with Crippen molar-refractivity contribution in [3.63, 3.8) is 0 Å². The molecule has 1 aromatic heterocycles. The summed E-state index contributed by atoms with van der Waals surface area (Å²) >= 11 is 3.09. The van der Waals surface area contributed by atoms with Gasteiger partial charge in [0.15, 0.2) is 4.34 Å². The van der Waals surface area contributed by atoms with E-state index in [4.69, 9.17) is 0 Å². The van der Waals surface area contributed by atoms with Crippen molar-refractivity contribution in [2.45, 2.75) is 42.2 Å². The molecule has 6 heteroatoms. The van der Waals surface area contributed by atoms with Crippen molar-refractivity contribution in [1.82, 2.24) is 10.2 Å². The van der Waals surface area contributed by atoms with E-state index < -0.39 is 0 Å². The van der Waals surface area contributed by atoms with Crippen LogP contribution in [0, 0.1) is 5.92 Å². The molecule has 28 heavy (non-hydrogen) atoms. The number of carbonyl (C=O) groups is 1. The zero-order chi connectivity index (χ0) is 19.5. The number of hydrogen-bond donors (Lipinski definition) is 1. The second-order valence-corrected chi connectivity index (χ2v) is 9.61. The van der Waals surface area contributed by atoms with Gasteiger partial charge in [-0.3, -0.25) is 4.79 Å². The zero-order valence-corrected chi connectivity index (χ0v) is 17.6. The van der Waals surface area contributed by atoms with Crippen molar-refractivity contribution >= 4 is 34.1 Å². The fourth-order valence-electron chi connectivity index (χ4n) is 3.21. The van der Waals surface area contributed by atoms with E-state index in [2.05, 4.69) is 65.8 Å². The lowest BCUT2D eigenvalue weighted by Gasteiger charge is -2.06. The van der Waals surface area contributed by atoms with Crippen LogP contribution in [0.1, 0.15) is 48.8 Å². The highest BCUT2D eigenvalue weighted by molar-refractivity contribution is 8.00. The molecule has 2 atom stereocenters. The largest absolute Gasteiger partial charge is 0.300 e. The van der Waals surface area contributed by atoms with Crippen LogP contribution in [-0.4, -0.2) is 16.1 Å². The predicted octanol–water partition coefficient (Wildman–Crippen LogP) is 5.70. The molecule has 0 aliphatic heterocycles. The van der Waals surface area contributed by atoms with Gasteiger partial charge in [-0.2, -0.15) is 0 Å². The summed E-state index contributed by atoms with van der Waals surface area (Å²) in [4.78, 5) is 12.5. The summed E-state index contributed by atoms with van der Waals surface area (Å²) in [5, 5.41) is 11.9. The molecule has 1 aliphatic carbocycles. The third-order valence-electron chi connectivity index (χ3n) is 5.00. The highest BCUT2D eigenvalue weighted by Crippen LogP contribution is 2.48. The van der Waals surface area contributed by atoms with Crippen molar-refractivity contribution in [2.24, 2.45) is 5.92 Å². The number of hydrogen-bond acceptors (Lipinski definition) is 5. The van der Waals surface area contributed by atoms with E-state index >= 15 is 0 Å². The molecule has 4 rings (SSSR count). The summed E-state index contributed by atoms with van der Waals surface area (Å²) in [7, 11) is 0. The van der Waals surface area contributed by atoms with Gasteiger partial charge in [0.1, 0.15) is 0 Å². The maximum Gasteiger partial charge on any atom is 0.229 e. The Morgan fingerprint density at radius 1 is 1.14 bits per heavy atom. The van der Waals surface area contributed by atoms with Crippen molar-refractivity contribution in [3.8, 4) is 0 Å². The van der Waals surface area contributed by atoms with Crippen molar-refractivity contribution < 1.29 is 4.79 Å². The van der Waals surface area contributed by atoms with Gasteiger partial charge in [-0.05, 0) is 34.9 Å². The molecule has 1 N–H and O–H groups in total. The molecule has 1 heterocycles. The molecule has 1 unspecified atom stereocenters. The van der Waals surface area contributed by atoms with Crippen molar-refractivity contribution in [1.29, 1.82) is 0 Å². The molecule has 1 saturated carbocycles. The summed E-state index contributed by atoms with van der Waals surface area (Å²) in [6.45, 7) is 4.40. The molecule has 1 amide bonds. The van der Waals surface area contributed by atoms with Gasteiger partial charge in [-0.1, -0.05) is 91.5 Å². The molecule has 4 nitrogen and oxygen atoms in total. The molecule has 0 bridgehead atoms. The highest BCUT2D eigenvalue weighted by atomic mass is 32.2. The number of nitrogens with one attached hydrogen (secondary N) is 1. The Bertz CT molecular complexity index is 938. The van der Waals surface area contributed by atoms with Crippen molar-refractivity contribution in [2.75, 3.05) is 5.32 Å². The van der Waals surface area contributed by atoms with Gasteiger partial charge in [0.05, 0.1) is 0 Å². The lowest BCUT2D eigenvalue weighted by Crippen LogP contribution is -2.14. The minimum Gasteiger partial charge on any atom is -0.300 e. The first-order chi connectivity index (χ1) is 13.6. The summed E-state index contributed by atoms with van der Waals surface area (Å²) < 4.78 is 0.874. The van der Waals surface area contributed by atoms with Crippen LogP contribution in [0.4, 0.5) is 5.13 Å². The highest BCUT2D eigenvalue weighted by Gasteiger charge is 2.44. The lowest BCUT2D eigenvalue weighted by atomic mass is 10.0. The molecule has 144 valence electrons. The monoisotopic (exact) mass is 409 g/mol. The number of benzene rings is 2. The maximum absolute atomic E-state index is 12.5. The molecule has 0 spiro atoms. The number of thioether (sulfide) groups is 1. The standard InChI is InChI=1S/C22H23N3OS2/c1-14(2)16-10-8-15(9-11-16)13-27-22-25-24-21(28-22)23-20(26)19-12-18(19)17-6-4-3-5-7-17/h3-11,14,18-19H,12-13H2,1-2H3,(H,23,24,26)/t18-,19?/m0/s1. The SMILES string of the molecule is CC(C)c1ccc(CSc2nnc(NC(=O)C3C[C@H]3c3ccccc3)s2)cc1. The Balaban J connectivity index is 1.28. The van der Waals surface area contributed by atoms with Crippen LogP contribution in [0.2, 0.25) is 0 Å². The van der Waals surface area contributed by atoms with E-state index in [1.165, 1.54) is 28.0 Å². The Morgan fingerprint density at radius 2 is 1.89 bits per heavy atom. The third-order valence-corrected chi connectivity index (χ3v) is 7.04. The molecule has 1 fully saturated rings. The molecule has 1 aliphatic rings. The van der Waals surface area contributed by atoms with E-state index in [0.717, 1.165) is 16.5 Å². The number of nitrogens with zero attached hydrogens (tertiary/aromatic N) is 2. The minimum absolute atomic E-state index is 0.0434. The second-order valence-electron chi connectivity index (χ2n) is 7.41. The van der Waals surface area contributed by atoms with Gasteiger partial charge in [0.25, 0.3) is 0 Å². The van der Waals surface area contributed by atoms with Crippen LogP contribution in [0.15, 0.2) is 58.9 Å². The quantitative estimate of drug-likeness (QED) is 0.402. The van der Waals surface area contributed by atoms with Gasteiger partial charge in [-0.25, -0.2) is 0 Å². The number of rotatable bonds is 7. The minimum atomic E-state index is 0.0434. The molecular weight excluding hydrogens is 386 g/mol. The Morgan fingerprint density at radius 3 is 2.61 bits per heavy atom. The molecule has 3 aromatic rings. The van der Waals surface area contributed by atoms with Crippen LogP contribution in [0.3, 0.4) is 0 Å². The molecule has 0 saturated heterocycles. The average molecular weight is 410 g/mol. The van der Waals surface area contributed by atoms with Gasteiger partial charge >= 0.3 is 0 Å². The zero-order valence-electron chi connectivity index (χ0n) is 16.0. The van der Waals surface area contributed by atoms with Crippen LogP contribution >= 0.6 is 23.1 Å². The summed E-state index contributed by atoms with van der Waals surface area (Å²) in [5.74, 6) is 1.81. The number of amides is 1. The Labute approximate surface area is 173 Å². The van der Waals surface area contributed by atoms with E-state index in [-0.39, 0.29) is 11.8 Å². The van der Waals surface area contributed by atoms with Crippen LogP contribution in [0.5, 0.6) is 0 Å². The van der Waals surface area contributed by atoms with Gasteiger partial charge in [0, 0.05) is 11.7 Å². The maximum atomic E-state index is 12.5. The fourth-order valence-corrected chi connectivity index (χ4v) is 4.92. The normalized spacial score (nSPS) is 18.2. The first kappa shape index (κ1) is 19.2. The summed E-state index contributed by atoms with van der Waals surface area (Å²) in [6, 6.07) is 18.9. The van der Waals surface area contributed by atoms with Crippen molar-refractivity contribution in [3.05, 3.63) is 71.3 Å². The first-order valence-corrected chi connectivity index (χ1v) is 11.3. The third kappa shape index (κ3) is 4.62.